The second-order valence-corrected chi connectivity index (χ2v) is 8.23. The number of amides is 1. The number of methoxy groups -OCH3 is 1. The van der Waals surface area contributed by atoms with E-state index in [9.17, 15) is 14.0 Å². The molecule has 29 heavy (non-hydrogen) atoms. The van der Waals surface area contributed by atoms with E-state index in [0.29, 0.717) is 17.0 Å². The summed E-state index contributed by atoms with van der Waals surface area (Å²) in [6, 6.07) is 12.3. The summed E-state index contributed by atoms with van der Waals surface area (Å²) >= 11 is 1.18. The first-order chi connectivity index (χ1) is 14.0. The van der Waals surface area contributed by atoms with Crippen LogP contribution in [0.4, 0.5) is 4.39 Å². The molecule has 1 saturated heterocycles. The Morgan fingerprint density at radius 1 is 1.14 bits per heavy atom. The molecule has 1 atom stereocenters. The van der Waals surface area contributed by atoms with Crippen LogP contribution in [0.1, 0.15) is 54.6 Å². The van der Waals surface area contributed by atoms with Crippen molar-refractivity contribution in [2.24, 2.45) is 0 Å². The molecule has 6 heteroatoms. The van der Waals surface area contributed by atoms with Crippen LogP contribution < -0.4 is 4.74 Å². The average molecular weight is 416 g/mol. The summed E-state index contributed by atoms with van der Waals surface area (Å²) in [4.78, 5) is 26.7. The minimum absolute atomic E-state index is 0.00719. The number of hydrogen-bond acceptors (Lipinski definition) is 4. The molecule has 154 valence electrons. The van der Waals surface area contributed by atoms with Crippen molar-refractivity contribution in [1.29, 1.82) is 0 Å². The zero-order valence-electron chi connectivity index (χ0n) is 16.8. The predicted octanol–water partition coefficient (Wildman–Crippen LogP) is 5.27. The molecule has 2 aromatic carbocycles. The van der Waals surface area contributed by atoms with Crippen molar-refractivity contribution in [3.63, 3.8) is 0 Å². The van der Waals surface area contributed by atoms with Gasteiger partial charge < -0.3 is 9.64 Å². The van der Waals surface area contributed by atoms with Crippen LogP contribution in [0.5, 0.6) is 5.75 Å². The smallest absolute Gasteiger partial charge is 0.233 e. The fraction of sp³-hybridized carbons (Fsp3) is 0.391. The minimum Gasteiger partial charge on any atom is -0.497 e. The first-order valence-electron chi connectivity index (χ1n) is 9.86. The Morgan fingerprint density at radius 3 is 2.55 bits per heavy atom. The largest absolute Gasteiger partial charge is 0.497 e. The van der Waals surface area contributed by atoms with E-state index >= 15 is 0 Å². The van der Waals surface area contributed by atoms with Crippen molar-refractivity contribution >= 4 is 23.5 Å². The molecule has 1 fully saturated rings. The number of carbonyl (C=O) groups is 2. The second kappa shape index (κ2) is 9.92. The number of ketones is 1. The third-order valence-electron chi connectivity index (χ3n) is 5.26. The maximum atomic E-state index is 14.3. The Kier molecular flexibility index (Phi) is 7.31. The molecular weight excluding hydrogens is 389 g/mol. The minimum atomic E-state index is -0.460. The number of thioether (sulfide) groups is 1. The maximum absolute atomic E-state index is 14.3. The van der Waals surface area contributed by atoms with Crippen molar-refractivity contribution in [2.75, 3.05) is 19.4 Å². The first-order valence-corrected chi connectivity index (χ1v) is 10.8. The van der Waals surface area contributed by atoms with Gasteiger partial charge in [-0.3, -0.25) is 9.59 Å². The number of halogens is 1. The van der Waals surface area contributed by atoms with Crippen LogP contribution in [0.2, 0.25) is 0 Å². The van der Waals surface area contributed by atoms with Crippen LogP contribution in [-0.2, 0) is 4.79 Å². The number of carbonyl (C=O) groups excluding carboxylic acids is 2. The summed E-state index contributed by atoms with van der Waals surface area (Å²) in [5, 5.41) is 0. The SMILES string of the molecule is COc1ccc(C2CCCCCN2C(=O)CSc2ccc(C(C)=O)cc2F)cc1. The quantitative estimate of drug-likeness (QED) is 0.476. The van der Waals surface area contributed by atoms with Gasteiger partial charge in [0.2, 0.25) is 5.91 Å². The van der Waals surface area contributed by atoms with E-state index in [1.54, 1.807) is 19.2 Å². The number of likely N-dealkylation sites (tertiary alicyclic amines) is 1. The van der Waals surface area contributed by atoms with Gasteiger partial charge in [-0.25, -0.2) is 4.39 Å². The molecule has 2 aromatic rings. The van der Waals surface area contributed by atoms with Crippen molar-refractivity contribution in [3.8, 4) is 5.75 Å². The Hall–Kier alpha value is -2.34. The highest BCUT2D eigenvalue weighted by Crippen LogP contribution is 2.32. The summed E-state index contributed by atoms with van der Waals surface area (Å²) in [5.74, 6) is 0.331. The molecule has 0 spiro atoms. The molecular formula is C23H26FNO3S. The van der Waals surface area contributed by atoms with Gasteiger partial charge in [0, 0.05) is 17.0 Å². The average Bonchev–Trinajstić information content (AvgIpc) is 2.98. The lowest BCUT2D eigenvalue weighted by Gasteiger charge is -2.30. The van der Waals surface area contributed by atoms with Crippen LogP contribution in [0.25, 0.3) is 0 Å². The normalized spacial score (nSPS) is 16.9. The lowest BCUT2D eigenvalue weighted by atomic mass is 10.0. The number of Topliss-reactive ketones (excluding diaryl/α,β-unsaturated/α-hetero) is 1. The van der Waals surface area contributed by atoms with Crippen LogP contribution in [0.3, 0.4) is 0 Å². The van der Waals surface area contributed by atoms with Crippen molar-refractivity contribution < 1.29 is 18.7 Å². The van der Waals surface area contributed by atoms with E-state index in [1.165, 1.54) is 24.8 Å². The monoisotopic (exact) mass is 415 g/mol. The summed E-state index contributed by atoms with van der Waals surface area (Å²) in [6.45, 7) is 2.12. The molecule has 1 aliphatic rings. The number of benzene rings is 2. The van der Waals surface area contributed by atoms with Crippen LogP contribution in [0.15, 0.2) is 47.4 Å². The zero-order valence-corrected chi connectivity index (χ0v) is 17.6. The third kappa shape index (κ3) is 5.38. The number of ether oxygens (including phenoxy) is 1. The molecule has 4 nitrogen and oxygen atoms in total. The Bertz CT molecular complexity index is 869. The molecule has 0 saturated carbocycles. The van der Waals surface area contributed by atoms with Crippen LogP contribution in [0, 0.1) is 5.82 Å². The lowest BCUT2D eigenvalue weighted by molar-refractivity contribution is -0.130. The molecule has 0 N–H and O–H groups in total. The fourth-order valence-electron chi connectivity index (χ4n) is 3.64. The topological polar surface area (TPSA) is 46.6 Å². The Morgan fingerprint density at radius 2 is 1.90 bits per heavy atom. The Labute approximate surface area is 175 Å². The van der Waals surface area contributed by atoms with E-state index in [4.69, 9.17) is 4.74 Å². The first kappa shape index (κ1) is 21.4. The maximum Gasteiger partial charge on any atom is 0.233 e. The van der Waals surface area contributed by atoms with E-state index in [2.05, 4.69) is 0 Å². The van der Waals surface area contributed by atoms with Gasteiger partial charge >= 0.3 is 0 Å². The molecule has 1 unspecified atom stereocenters. The highest BCUT2D eigenvalue weighted by atomic mass is 32.2. The molecule has 0 bridgehead atoms. The summed E-state index contributed by atoms with van der Waals surface area (Å²) < 4.78 is 19.5. The molecule has 1 heterocycles. The molecule has 1 aliphatic heterocycles. The standard InChI is InChI=1S/C23H26FNO3S/c1-16(26)18-9-12-22(20(24)14-18)29-15-23(27)25-13-5-3-4-6-21(25)17-7-10-19(28-2)11-8-17/h7-12,14,21H,3-6,13,15H2,1-2H3. The fourth-order valence-corrected chi connectivity index (χ4v) is 4.44. The third-order valence-corrected chi connectivity index (χ3v) is 6.30. The number of nitrogens with zero attached hydrogens (tertiary/aromatic N) is 1. The highest BCUT2D eigenvalue weighted by Gasteiger charge is 2.27. The van der Waals surface area contributed by atoms with Gasteiger partial charge in [0.05, 0.1) is 18.9 Å². The van der Waals surface area contributed by atoms with E-state index in [1.807, 2.05) is 29.2 Å². The van der Waals surface area contributed by atoms with Crippen LogP contribution >= 0.6 is 11.8 Å². The van der Waals surface area contributed by atoms with Gasteiger partial charge in [0.15, 0.2) is 5.78 Å². The van der Waals surface area contributed by atoms with Gasteiger partial charge in [-0.15, -0.1) is 11.8 Å². The number of hydrogen-bond donors (Lipinski definition) is 0. The van der Waals surface area contributed by atoms with Gasteiger partial charge in [-0.1, -0.05) is 31.0 Å². The molecule has 0 aliphatic carbocycles. The molecule has 0 aromatic heterocycles. The van der Waals surface area contributed by atoms with E-state index in [0.717, 1.165) is 37.0 Å². The van der Waals surface area contributed by atoms with Crippen molar-refractivity contribution in [3.05, 3.63) is 59.4 Å². The highest BCUT2D eigenvalue weighted by molar-refractivity contribution is 8.00. The second-order valence-electron chi connectivity index (χ2n) is 7.22. The van der Waals surface area contributed by atoms with Gasteiger partial charge in [0.25, 0.3) is 0 Å². The van der Waals surface area contributed by atoms with Gasteiger partial charge in [0.1, 0.15) is 11.6 Å². The van der Waals surface area contributed by atoms with E-state index in [-0.39, 0.29) is 23.5 Å². The summed E-state index contributed by atoms with van der Waals surface area (Å²) in [7, 11) is 1.63. The molecule has 1 amide bonds. The molecule has 0 radical (unpaired) electrons. The lowest BCUT2D eigenvalue weighted by Crippen LogP contribution is -2.36. The van der Waals surface area contributed by atoms with Crippen LogP contribution in [-0.4, -0.2) is 36.0 Å². The van der Waals surface area contributed by atoms with Gasteiger partial charge in [-0.2, -0.15) is 0 Å². The van der Waals surface area contributed by atoms with Crippen molar-refractivity contribution in [1.82, 2.24) is 4.90 Å². The van der Waals surface area contributed by atoms with E-state index < -0.39 is 5.82 Å². The number of rotatable bonds is 6. The Balaban J connectivity index is 1.72. The summed E-state index contributed by atoms with van der Waals surface area (Å²) in [5.41, 5.74) is 1.44. The van der Waals surface area contributed by atoms with Crippen molar-refractivity contribution in [2.45, 2.75) is 43.5 Å². The zero-order chi connectivity index (χ0) is 20.8. The van der Waals surface area contributed by atoms with Gasteiger partial charge in [-0.05, 0) is 49.6 Å². The predicted molar refractivity (Wildman–Crippen MR) is 113 cm³/mol. The summed E-state index contributed by atoms with van der Waals surface area (Å²) in [6.07, 6.45) is 4.08. The molecule has 3 rings (SSSR count).